The number of benzene rings is 4. The summed E-state index contributed by atoms with van der Waals surface area (Å²) in [5, 5.41) is 0.807. The number of nitrogens with two attached hydrogens (primary N) is 1. The number of carbonyl (C=O) groups is 1. The molecular formula is C46H43Cl3F5N7O3. The van der Waals surface area contributed by atoms with Gasteiger partial charge < -0.3 is 15.2 Å². The number of alkyl halides is 3. The van der Waals surface area contributed by atoms with E-state index in [9.17, 15) is 26.7 Å². The molecule has 336 valence electrons. The quantitative estimate of drug-likeness (QED) is 0.111. The van der Waals surface area contributed by atoms with Crippen LogP contribution in [-0.4, -0.2) is 56.1 Å². The third kappa shape index (κ3) is 10.9. The van der Waals surface area contributed by atoms with Crippen LogP contribution in [0, 0.1) is 17.0 Å². The SMILES string of the molecule is COc1nc(-c2ccc(F)c(C3CC3)c2)nc(-c2cc(CCC(=O)C(C)(C)C(F)(F)F)ccc2Cl)n1.COc1nc(-c2ccc(F)c(C3CC3)c2)nc(-c2cc(CN)ccc2Cl)n1.Cl. The summed E-state index contributed by atoms with van der Waals surface area (Å²) in [5.74, 6) is 0.335. The predicted octanol–water partition coefficient (Wildman–Crippen LogP) is 11.7. The molecule has 64 heavy (non-hydrogen) atoms. The van der Waals surface area contributed by atoms with E-state index in [0.29, 0.717) is 67.2 Å². The first kappa shape index (κ1) is 48.1. The maximum Gasteiger partial charge on any atom is 0.400 e. The lowest BCUT2D eigenvalue weighted by Gasteiger charge is -2.26. The number of methoxy groups -OCH3 is 2. The molecule has 8 rings (SSSR count). The summed E-state index contributed by atoms with van der Waals surface area (Å²) >= 11 is 12.8. The Hall–Kier alpha value is -5.35. The lowest BCUT2D eigenvalue weighted by molar-refractivity contribution is -0.210. The summed E-state index contributed by atoms with van der Waals surface area (Å²) in [6.07, 6.45) is -0.971. The van der Waals surface area contributed by atoms with E-state index in [1.165, 1.54) is 26.4 Å². The van der Waals surface area contributed by atoms with Gasteiger partial charge >= 0.3 is 18.2 Å². The van der Waals surface area contributed by atoms with Crippen LogP contribution >= 0.6 is 35.6 Å². The molecule has 0 aliphatic heterocycles. The van der Waals surface area contributed by atoms with Gasteiger partial charge in [0.15, 0.2) is 23.3 Å². The van der Waals surface area contributed by atoms with Crippen molar-refractivity contribution < 1.29 is 36.2 Å². The smallest absolute Gasteiger partial charge is 0.400 e. The largest absolute Gasteiger partial charge is 0.467 e. The minimum Gasteiger partial charge on any atom is -0.467 e. The number of ketones is 1. The standard InChI is InChI=1S/C26H24ClF4N3O2.C20H18ClFN4O.ClH/c1-25(2,26(29,30)31)21(35)11-5-14-4-9-19(27)18(12-14)23-32-22(33-24(34-23)36-3)16-8-10-20(28)17(13-16)15-6-7-15;1-27-20-25-18(13-5-7-17(22)14(9-13)12-3-4-12)24-19(26-20)15-8-11(10-23)2-6-16(15)21;/h4,8-10,12-13,15H,5-7,11H2,1-3H3;2,5-9,12H,3-4,10,23H2,1H3;1H. The molecule has 2 heterocycles. The van der Waals surface area contributed by atoms with E-state index in [1.54, 1.807) is 42.5 Å². The Morgan fingerprint density at radius 1 is 0.656 bits per heavy atom. The Labute approximate surface area is 382 Å². The van der Waals surface area contributed by atoms with Crippen LogP contribution < -0.4 is 15.2 Å². The van der Waals surface area contributed by atoms with Gasteiger partial charge in [0.1, 0.15) is 22.8 Å². The fraction of sp³-hybridized carbons (Fsp3) is 0.326. The number of ether oxygens (including phenoxy) is 2. The van der Waals surface area contributed by atoms with Crippen LogP contribution in [0.5, 0.6) is 12.0 Å². The second-order valence-electron chi connectivity index (χ2n) is 15.8. The minimum atomic E-state index is -4.63. The monoisotopic (exact) mass is 941 g/mol. The van der Waals surface area contributed by atoms with E-state index in [-0.39, 0.29) is 72.4 Å². The van der Waals surface area contributed by atoms with Crippen LogP contribution in [0.1, 0.15) is 80.0 Å². The molecule has 0 saturated heterocycles. The average Bonchev–Trinajstić information content (AvgIpc) is 4.22. The summed E-state index contributed by atoms with van der Waals surface area (Å²) < 4.78 is 78.4. The van der Waals surface area contributed by atoms with Gasteiger partial charge in [-0.05, 0) is 141 Å². The molecule has 2 N–H and O–H groups in total. The van der Waals surface area contributed by atoms with Gasteiger partial charge in [-0.3, -0.25) is 4.79 Å². The third-order valence-corrected chi connectivity index (χ3v) is 11.6. The highest BCUT2D eigenvalue weighted by molar-refractivity contribution is 6.33. The normalized spacial score (nSPS) is 13.7. The molecule has 0 atom stereocenters. The van der Waals surface area contributed by atoms with Crippen LogP contribution in [0.25, 0.3) is 45.6 Å². The van der Waals surface area contributed by atoms with Crippen molar-refractivity contribution in [2.75, 3.05) is 14.2 Å². The molecule has 0 spiro atoms. The van der Waals surface area contributed by atoms with Gasteiger partial charge in [0.2, 0.25) is 0 Å². The van der Waals surface area contributed by atoms with Gasteiger partial charge in [-0.15, -0.1) is 12.4 Å². The summed E-state index contributed by atoms with van der Waals surface area (Å²) in [6, 6.07) is 20.1. The molecule has 2 fully saturated rings. The number of aryl methyl sites for hydroxylation is 1. The summed E-state index contributed by atoms with van der Waals surface area (Å²) in [7, 11) is 2.89. The highest BCUT2D eigenvalue weighted by Gasteiger charge is 2.52. The van der Waals surface area contributed by atoms with E-state index in [0.717, 1.165) is 45.1 Å². The minimum absolute atomic E-state index is 0. The van der Waals surface area contributed by atoms with Crippen molar-refractivity contribution in [1.82, 2.24) is 29.9 Å². The molecule has 0 bridgehead atoms. The van der Waals surface area contributed by atoms with Crippen molar-refractivity contribution in [2.24, 2.45) is 11.1 Å². The van der Waals surface area contributed by atoms with Gasteiger partial charge in [-0.2, -0.15) is 33.1 Å². The van der Waals surface area contributed by atoms with E-state index in [4.69, 9.17) is 38.4 Å². The van der Waals surface area contributed by atoms with Gasteiger partial charge in [0, 0.05) is 35.2 Å². The number of Topliss-reactive ketones (excluding diaryl/α,β-unsaturated/α-hetero) is 1. The van der Waals surface area contributed by atoms with E-state index >= 15 is 0 Å². The number of aromatic nitrogens is 6. The van der Waals surface area contributed by atoms with Crippen molar-refractivity contribution in [3.8, 4) is 57.6 Å². The lowest BCUT2D eigenvalue weighted by atomic mass is 9.84. The molecule has 0 radical (unpaired) electrons. The van der Waals surface area contributed by atoms with Crippen molar-refractivity contribution in [3.63, 3.8) is 0 Å². The fourth-order valence-corrected chi connectivity index (χ4v) is 7.08. The topological polar surface area (TPSA) is 139 Å². The van der Waals surface area contributed by atoms with Gasteiger partial charge in [0.25, 0.3) is 0 Å². The second-order valence-corrected chi connectivity index (χ2v) is 16.7. The molecule has 2 aliphatic carbocycles. The zero-order chi connectivity index (χ0) is 45.2. The third-order valence-electron chi connectivity index (χ3n) is 11.0. The van der Waals surface area contributed by atoms with Gasteiger partial charge in [-0.25, -0.2) is 18.7 Å². The van der Waals surface area contributed by atoms with Gasteiger partial charge in [0.05, 0.1) is 24.3 Å². The molecule has 6 aromatic rings. The Morgan fingerprint density at radius 3 is 1.48 bits per heavy atom. The number of carbonyl (C=O) groups excluding carboxylic acids is 1. The van der Waals surface area contributed by atoms with E-state index < -0.39 is 17.4 Å². The Morgan fingerprint density at radius 2 is 1.08 bits per heavy atom. The summed E-state index contributed by atoms with van der Waals surface area (Å²) in [5.41, 5.74) is 8.47. The zero-order valence-corrected chi connectivity index (χ0v) is 37.4. The number of halogens is 8. The first-order valence-corrected chi connectivity index (χ1v) is 20.8. The fourth-order valence-electron chi connectivity index (χ4n) is 6.67. The molecule has 10 nitrogen and oxygen atoms in total. The van der Waals surface area contributed by atoms with Gasteiger partial charge in [-0.1, -0.05) is 35.3 Å². The van der Waals surface area contributed by atoms with Crippen molar-refractivity contribution in [1.29, 1.82) is 0 Å². The molecule has 2 saturated carbocycles. The van der Waals surface area contributed by atoms with Crippen molar-refractivity contribution in [2.45, 2.75) is 76.9 Å². The molecule has 18 heteroatoms. The first-order chi connectivity index (χ1) is 30.0. The number of hydrogen-bond donors (Lipinski definition) is 1. The lowest BCUT2D eigenvalue weighted by Crippen LogP contribution is -2.39. The van der Waals surface area contributed by atoms with E-state index in [2.05, 4.69) is 29.9 Å². The average molecular weight is 943 g/mol. The summed E-state index contributed by atoms with van der Waals surface area (Å²) in [4.78, 5) is 38.6. The number of rotatable bonds is 13. The second kappa shape index (κ2) is 19.8. The molecule has 4 aromatic carbocycles. The zero-order valence-electron chi connectivity index (χ0n) is 35.1. The summed E-state index contributed by atoms with van der Waals surface area (Å²) in [6.45, 7) is 2.14. The maximum absolute atomic E-state index is 14.2. The van der Waals surface area contributed by atoms with Crippen molar-refractivity contribution in [3.05, 3.63) is 117 Å². The molecule has 0 unspecified atom stereocenters. The molecule has 2 aromatic heterocycles. The highest BCUT2D eigenvalue weighted by Crippen LogP contribution is 2.44. The predicted molar refractivity (Wildman–Crippen MR) is 237 cm³/mol. The van der Waals surface area contributed by atoms with Crippen LogP contribution in [0.4, 0.5) is 22.0 Å². The van der Waals surface area contributed by atoms with Crippen LogP contribution in [-0.2, 0) is 17.8 Å². The van der Waals surface area contributed by atoms with Crippen LogP contribution in [0.3, 0.4) is 0 Å². The maximum atomic E-state index is 14.2. The number of nitrogens with zero attached hydrogens (tertiary/aromatic N) is 6. The Bertz CT molecular complexity index is 2680. The molecule has 0 amide bonds. The first-order valence-electron chi connectivity index (χ1n) is 20.1. The van der Waals surface area contributed by atoms with Crippen LogP contribution in [0.2, 0.25) is 10.0 Å². The molecule has 2 aliphatic rings. The Kier molecular flexibility index (Phi) is 14.9. The molecular weight excluding hydrogens is 900 g/mol. The number of hydrogen-bond acceptors (Lipinski definition) is 10. The van der Waals surface area contributed by atoms with Crippen LogP contribution in [0.15, 0.2) is 72.8 Å². The van der Waals surface area contributed by atoms with E-state index in [1.807, 2.05) is 18.2 Å². The van der Waals surface area contributed by atoms with Crippen molar-refractivity contribution >= 4 is 41.4 Å². The Balaban J connectivity index is 0.000000217. The highest BCUT2D eigenvalue weighted by atomic mass is 35.5.